The third kappa shape index (κ3) is 4.02. The summed E-state index contributed by atoms with van der Waals surface area (Å²) in [6.45, 7) is 0.759. The number of methoxy groups -OCH3 is 2. The van der Waals surface area contributed by atoms with E-state index in [0.29, 0.717) is 13.0 Å². The Hall–Kier alpha value is -2.61. The van der Waals surface area contributed by atoms with Gasteiger partial charge in [0.2, 0.25) is 0 Å². The van der Waals surface area contributed by atoms with E-state index in [0.717, 1.165) is 6.08 Å². The molecule has 0 bridgehead atoms. The van der Waals surface area contributed by atoms with Crippen LogP contribution in [0.3, 0.4) is 0 Å². The van der Waals surface area contributed by atoms with Crippen molar-refractivity contribution in [1.29, 1.82) is 0 Å². The van der Waals surface area contributed by atoms with E-state index in [-0.39, 0.29) is 23.6 Å². The van der Waals surface area contributed by atoms with Crippen LogP contribution in [0.15, 0.2) is 30.0 Å². The third-order valence-corrected chi connectivity index (χ3v) is 3.60. The lowest BCUT2D eigenvalue weighted by Gasteiger charge is -2.23. The molecule has 1 unspecified atom stereocenters. The van der Waals surface area contributed by atoms with Crippen molar-refractivity contribution in [3.63, 3.8) is 0 Å². The Morgan fingerprint density at radius 1 is 1.38 bits per heavy atom. The lowest BCUT2D eigenvalue weighted by atomic mass is 10.2. The summed E-state index contributed by atoms with van der Waals surface area (Å²) in [7, 11) is 2.34. The quantitative estimate of drug-likeness (QED) is 0.612. The molecule has 1 aliphatic heterocycles. The minimum Gasteiger partial charge on any atom is -0.466 e. The molecule has 1 fully saturated rings. The van der Waals surface area contributed by atoms with Crippen molar-refractivity contribution in [2.45, 2.75) is 12.5 Å². The molecule has 1 atom stereocenters. The van der Waals surface area contributed by atoms with E-state index in [1.807, 2.05) is 0 Å². The minimum absolute atomic E-state index is 0.184. The first kappa shape index (κ1) is 17.7. The van der Waals surface area contributed by atoms with Gasteiger partial charge in [-0.1, -0.05) is 6.07 Å². The van der Waals surface area contributed by atoms with Crippen molar-refractivity contribution in [2.75, 3.05) is 37.5 Å². The van der Waals surface area contributed by atoms with Crippen LogP contribution in [0.2, 0.25) is 0 Å². The largest absolute Gasteiger partial charge is 0.466 e. The van der Waals surface area contributed by atoms with Crippen LogP contribution in [0.4, 0.5) is 15.8 Å². The highest BCUT2D eigenvalue weighted by Gasteiger charge is 2.26. The number of ether oxygens (including phenoxy) is 2. The average molecular weight is 338 g/mol. The van der Waals surface area contributed by atoms with Gasteiger partial charge in [-0.05, 0) is 18.6 Å². The Morgan fingerprint density at radius 3 is 2.71 bits per heavy atom. The molecular formula is C16H19FN2O5. The molecule has 0 aromatic heterocycles. The molecule has 2 N–H and O–H groups in total. The number of hydrogen-bond acceptors (Lipinski definition) is 7. The number of anilines is 2. The molecule has 1 aromatic carbocycles. The van der Waals surface area contributed by atoms with E-state index < -0.39 is 23.9 Å². The van der Waals surface area contributed by atoms with E-state index >= 15 is 0 Å². The summed E-state index contributed by atoms with van der Waals surface area (Å²) >= 11 is 0. The van der Waals surface area contributed by atoms with E-state index in [2.05, 4.69) is 14.8 Å². The van der Waals surface area contributed by atoms with Crippen molar-refractivity contribution < 1.29 is 28.6 Å². The van der Waals surface area contributed by atoms with Crippen molar-refractivity contribution in [1.82, 2.24) is 0 Å². The van der Waals surface area contributed by atoms with Gasteiger partial charge in [0, 0.05) is 13.1 Å². The lowest BCUT2D eigenvalue weighted by molar-refractivity contribution is -0.138. The first-order valence-corrected chi connectivity index (χ1v) is 7.32. The molecule has 0 amide bonds. The number of aliphatic hydroxyl groups is 1. The van der Waals surface area contributed by atoms with Gasteiger partial charge in [-0.3, -0.25) is 0 Å². The van der Waals surface area contributed by atoms with E-state index in [1.54, 1.807) is 11.0 Å². The normalized spacial score (nSPS) is 17.6. The summed E-state index contributed by atoms with van der Waals surface area (Å²) in [6.07, 6.45) is 0.915. The number of carbonyl (C=O) groups excluding carboxylic acids is 2. The zero-order valence-corrected chi connectivity index (χ0v) is 13.4. The van der Waals surface area contributed by atoms with Crippen LogP contribution in [-0.4, -0.2) is 50.5 Å². The topological polar surface area (TPSA) is 88.1 Å². The number of nitrogens with zero attached hydrogens (tertiary/aromatic N) is 1. The smallest absolute Gasteiger partial charge is 0.354 e. The van der Waals surface area contributed by atoms with Gasteiger partial charge in [0.1, 0.15) is 11.5 Å². The number of nitrogens with one attached hydrogen (secondary N) is 1. The molecule has 7 nitrogen and oxygen atoms in total. The van der Waals surface area contributed by atoms with Crippen LogP contribution in [0.25, 0.3) is 0 Å². The summed E-state index contributed by atoms with van der Waals surface area (Å²) in [5.41, 5.74) is 0.314. The Bertz CT molecular complexity index is 662. The molecule has 1 aromatic rings. The van der Waals surface area contributed by atoms with E-state index in [4.69, 9.17) is 0 Å². The standard InChI is InChI=1S/C16H19FN2O5/c1-23-14(21)8-13(16(22)24-2)18-12-5-3-4-11(17)15(12)19-7-6-10(20)9-19/h3-5,8,10,18,20H,6-7,9H2,1-2H3/b13-8+. The van der Waals surface area contributed by atoms with Crippen molar-refractivity contribution in [3.8, 4) is 0 Å². The molecule has 8 heteroatoms. The van der Waals surface area contributed by atoms with Gasteiger partial charge in [-0.15, -0.1) is 0 Å². The number of halogens is 1. The average Bonchev–Trinajstić information content (AvgIpc) is 2.99. The minimum atomic E-state index is -0.794. The SMILES string of the molecule is COC(=O)/C=C(/Nc1cccc(F)c1N1CCC(O)C1)C(=O)OC. The Kier molecular flexibility index (Phi) is 5.75. The molecule has 2 rings (SSSR count). The highest BCUT2D eigenvalue weighted by atomic mass is 19.1. The van der Waals surface area contributed by atoms with Crippen molar-refractivity contribution >= 4 is 23.3 Å². The molecule has 1 aliphatic rings. The second-order valence-corrected chi connectivity index (χ2v) is 5.22. The predicted molar refractivity (Wildman–Crippen MR) is 85.0 cm³/mol. The fourth-order valence-electron chi connectivity index (χ4n) is 2.46. The maximum atomic E-state index is 14.3. The molecule has 0 spiro atoms. The van der Waals surface area contributed by atoms with E-state index in [9.17, 15) is 19.1 Å². The number of hydrogen-bond donors (Lipinski definition) is 2. The number of aliphatic hydroxyl groups excluding tert-OH is 1. The van der Waals surface area contributed by atoms with Crippen molar-refractivity contribution in [3.05, 3.63) is 35.8 Å². The maximum Gasteiger partial charge on any atom is 0.354 e. The van der Waals surface area contributed by atoms with Crippen LogP contribution in [-0.2, 0) is 19.1 Å². The Balaban J connectivity index is 2.37. The molecule has 130 valence electrons. The molecule has 0 aliphatic carbocycles. The molecule has 0 saturated carbocycles. The number of β-amino-alcohol motifs (C(OH)–C–C–N with tert-alkyl or cyclic N) is 1. The number of rotatable bonds is 5. The highest BCUT2D eigenvalue weighted by Crippen LogP contribution is 2.32. The van der Waals surface area contributed by atoms with Crippen molar-refractivity contribution in [2.24, 2.45) is 0 Å². The molecular weight excluding hydrogens is 319 g/mol. The molecule has 0 radical (unpaired) electrons. The first-order chi connectivity index (χ1) is 11.5. The molecule has 1 heterocycles. The summed E-state index contributed by atoms with van der Waals surface area (Å²) in [4.78, 5) is 24.9. The third-order valence-electron chi connectivity index (χ3n) is 3.60. The summed E-state index contributed by atoms with van der Waals surface area (Å²) in [5, 5.41) is 12.4. The first-order valence-electron chi connectivity index (χ1n) is 7.32. The van der Waals surface area contributed by atoms with Crippen LogP contribution < -0.4 is 10.2 Å². The summed E-state index contributed by atoms with van der Waals surface area (Å²) in [5.74, 6) is -2.05. The number of para-hydroxylation sites is 1. The van der Waals surface area contributed by atoms with Crippen LogP contribution >= 0.6 is 0 Å². The number of carbonyl (C=O) groups is 2. The van der Waals surface area contributed by atoms with Gasteiger partial charge in [0.15, 0.2) is 0 Å². The van der Waals surface area contributed by atoms with E-state index in [1.165, 1.54) is 26.4 Å². The molecule has 24 heavy (non-hydrogen) atoms. The second-order valence-electron chi connectivity index (χ2n) is 5.22. The maximum absolute atomic E-state index is 14.3. The molecule has 1 saturated heterocycles. The van der Waals surface area contributed by atoms with Crippen LogP contribution in [0, 0.1) is 5.82 Å². The van der Waals surface area contributed by atoms with Crippen LogP contribution in [0.5, 0.6) is 0 Å². The fraction of sp³-hybridized carbons (Fsp3) is 0.375. The predicted octanol–water partition coefficient (Wildman–Crippen LogP) is 1.04. The monoisotopic (exact) mass is 338 g/mol. The Labute approximate surface area is 138 Å². The highest BCUT2D eigenvalue weighted by molar-refractivity contribution is 5.99. The zero-order valence-electron chi connectivity index (χ0n) is 13.4. The lowest BCUT2D eigenvalue weighted by Crippen LogP contribution is -2.24. The van der Waals surface area contributed by atoms with Gasteiger partial charge in [0.05, 0.1) is 37.8 Å². The van der Waals surface area contributed by atoms with Gasteiger partial charge in [-0.25, -0.2) is 14.0 Å². The number of benzene rings is 1. The van der Waals surface area contributed by atoms with Gasteiger partial charge < -0.3 is 24.8 Å². The summed E-state index contributed by atoms with van der Waals surface area (Å²) < 4.78 is 23.4. The summed E-state index contributed by atoms with van der Waals surface area (Å²) in [6, 6.07) is 4.32. The van der Waals surface area contributed by atoms with Gasteiger partial charge in [-0.2, -0.15) is 0 Å². The fourth-order valence-corrected chi connectivity index (χ4v) is 2.46. The Morgan fingerprint density at radius 2 is 2.12 bits per heavy atom. The number of esters is 2. The second kappa shape index (κ2) is 7.78. The van der Waals surface area contributed by atoms with Gasteiger partial charge in [0.25, 0.3) is 0 Å². The zero-order chi connectivity index (χ0) is 17.7. The van der Waals surface area contributed by atoms with Crippen LogP contribution in [0.1, 0.15) is 6.42 Å². The van der Waals surface area contributed by atoms with Gasteiger partial charge >= 0.3 is 11.9 Å².